The Balaban J connectivity index is 2.39. The van der Waals surface area contributed by atoms with Gasteiger partial charge < -0.3 is 0 Å². The Morgan fingerprint density at radius 3 is 2.12 bits per heavy atom. The normalized spacial score (nSPS) is 12.6. The monoisotopic (exact) mass is 372 g/mol. The van der Waals surface area contributed by atoms with Crippen molar-refractivity contribution in [3.63, 3.8) is 0 Å². The van der Waals surface area contributed by atoms with Crippen LogP contribution in [0.25, 0.3) is 0 Å². The van der Waals surface area contributed by atoms with Crippen LogP contribution >= 0.6 is 0 Å². The maximum absolute atomic E-state index is 13.2. The second-order valence-electron chi connectivity index (χ2n) is 4.75. The van der Waals surface area contributed by atoms with Gasteiger partial charge in [-0.25, -0.2) is 4.98 Å². The third-order valence-corrected chi connectivity index (χ3v) is 3.03. The maximum Gasteiger partial charge on any atom is 0.461 e. The quantitative estimate of drug-likeness (QED) is 0.454. The van der Waals surface area contributed by atoms with Gasteiger partial charge >= 0.3 is 18.6 Å². The summed E-state index contributed by atoms with van der Waals surface area (Å²) in [7, 11) is 0. The lowest BCUT2D eigenvalue weighted by Gasteiger charge is -2.15. The van der Waals surface area contributed by atoms with Gasteiger partial charge in [-0.05, 0) is 5.56 Å². The van der Waals surface area contributed by atoms with Gasteiger partial charge in [-0.3, -0.25) is 10.1 Å². The van der Waals surface area contributed by atoms with Gasteiger partial charge in [-0.15, -0.1) is 5.10 Å². The van der Waals surface area contributed by atoms with Crippen LogP contribution in [0, 0.1) is 10.1 Å². The number of hydrogen-bond donors (Lipinski definition) is 0. The van der Waals surface area contributed by atoms with Crippen LogP contribution in [-0.2, 0) is 12.3 Å². The molecule has 0 saturated heterocycles. The summed E-state index contributed by atoms with van der Waals surface area (Å²) in [5.41, 5.74) is -0.190. The van der Waals surface area contributed by atoms with Gasteiger partial charge in [0.15, 0.2) is 0 Å². The predicted octanol–water partition coefficient (Wildman–Crippen LogP) is 3.83. The molecule has 1 heterocycles. The lowest BCUT2D eigenvalue weighted by molar-refractivity contribution is -0.384. The standard InChI is InChI=1S/C12H7F7N4O2/c13-10(14)22-8(5-6-1-3-7(4-2-6)23(24)25)20-9(21-22)11(15,16)12(17,18)19/h1-4,10H,5H2. The van der Waals surface area contributed by atoms with E-state index >= 15 is 0 Å². The molecule has 0 amide bonds. The fourth-order valence-corrected chi connectivity index (χ4v) is 1.81. The zero-order valence-electron chi connectivity index (χ0n) is 11.8. The molecule has 0 N–H and O–H groups in total. The second-order valence-corrected chi connectivity index (χ2v) is 4.75. The molecule has 136 valence electrons. The number of nitrogens with zero attached hydrogens (tertiary/aromatic N) is 4. The summed E-state index contributed by atoms with van der Waals surface area (Å²) in [4.78, 5) is 12.7. The minimum absolute atomic E-state index is 0.127. The number of rotatable bonds is 5. The van der Waals surface area contributed by atoms with Crippen molar-refractivity contribution in [2.75, 3.05) is 0 Å². The number of alkyl halides is 7. The van der Waals surface area contributed by atoms with E-state index in [1.807, 2.05) is 0 Å². The summed E-state index contributed by atoms with van der Waals surface area (Å²) >= 11 is 0. The molecule has 1 aromatic carbocycles. The molecule has 0 unspecified atom stereocenters. The van der Waals surface area contributed by atoms with E-state index in [-0.39, 0.29) is 15.9 Å². The Hall–Kier alpha value is -2.73. The van der Waals surface area contributed by atoms with Crippen LogP contribution in [-0.4, -0.2) is 25.9 Å². The Labute approximate surface area is 134 Å². The molecule has 25 heavy (non-hydrogen) atoms. The van der Waals surface area contributed by atoms with Gasteiger partial charge in [-0.1, -0.05) is 12.1 Å². The minimum atomic E-state index is -6.05. The Bertz CT molecular complexity index is 771. The van der Waals surface area contributed by atoms with E-state index in [0.29, 0.717) is 0 Å². The fraction of sp³-hybridized carbons (Fsp3) is 0.333. The van der Waals surface area contributed by atoms with Crippen molar-refractivity contribution in [3.05, 3.63) is 51.6 Å². The van der Waals surface area contributed by atoms with Crippen LogP contribution < -0.4 is 0 Å². The SMILES string of the molecule is O=[N+]([O-])c1ccc(Cc2nc(C(F)(F)C(F)(F)F)nn2C(F)F)cc1. The van der Waals surface area contributed by atoms with Crippen molar-refractivity contribution in [1.29, 1.82) is 0 Å². The lowest BCUT2D eigenvalue weighted by atomic mass is 10.1. The molecule has 0 atom stereocenters. The van der Waals surface area contributed by atoms with Gasteiger partial charge in [-0.2, -0.15) is 35.4 Å². The van der Waals surface area contributed by atoms with Gasteiger partial charge in [0.2, 0.25) is 5.82 Å². The summed E-state index contributed by atoms with van der Waals surface area (Å²) in [6.45, 7) is -3.50. The molecule has 1 aromatic heterocycles. The van der Waals surface area contributed by atoms with Crippen LogP contribution in [0.1, 0.15) is 23.8 Å². The van der Waals surface area contributed by atoms with Crippen LogP contribution in [0.4, 0.5) is 36.4 Å². The topological polar surface area (TPSA) is 73.8 Å². The summed E-state index contributed by atoms with van der Waals surface area (Å²) in [6.07, 6.45) is -6.63. The van der Waals surface area contributed by atoms with Gasteiger partial charge in [0, 0.05) is 18.6 Å². The van der Waals surface area contributed by atoms with Gasteiger partial charge in [0.05, 0.1) is 4.92 Å². The van der Waals surface area contributed by atoms with E-state index in [0.717, 1.165) is 24.3 Å². The van der Waals surface area contributed by atoms with Crippen LogP contribution in [0.15, 0.2) is 24.3 Å². The second kappa shape index (κ2) is 6.29. The number of aromatic nitrogens is 3. The summed E-state index contributed by atoms with van der Waals surface area (Å²) < 4.78 is 88.7. The minimum Gasteiger partial charge on any atom is -0.258 e. The highest BCUT2D eigenvalue weighted by Gasteiger charge is 2.62. The van der Waals surface area contributed by atoms with Crippen LogP contribution in [0.3, 0.4) is 0 Å². The van der Waals surface area contributed by atoms with Crippen molar-refractivity contribution >= 4 is 5.69 Å². The highest BCUT2D eigenvalue weighted by atomic mass is 19.4. The molecule has 2 aromatic rings. The number of hydrogen-bond acceptors (Lipinski definition) is 4. The number of nitro benzene ring substituents is 1. The van der Waals surface area contributed by atoms with E-state index in [1.165, 1.54) is 0 Å². The van der Waals surface area contributed by atoms with E-state index in [4.69, 9.17) is 0 Å². The van der Waals surface area contributed by atoms with Crippen molar-refractivity contribution in [3.8, 4) is 0 Å². The Morgan fingerprint density at radius 1 is 1.12 bits per heavy atom. The average molecular weight is 372 g/mol. The number of non-ortho nitro benzene ring substituents is 1. The first-order chi connectivity index (χ1) is 11.4. The molecule has 0 spiro atoms. The third kappa shape index (κ3) is 3.69. The molecular weight excluding hydrogens is 365 g/mol. The summed E-state index contributed by atoms with van der Waals surface area (Å²) in [5, 5.41) is 13.1. The van der Waals surface area contributed by atoms with E-state index in [1.54, 1.807) is 0 Å². The first-order valence-corrected chi connectivity index (χ1v) is 6.35. The molecule has 0 bridgehead atoms. The molecule has 0 fully saturated rings. The Morgan fingerprint density at radius 2 is 1.68 bits per heavy atom. The summed E-state index contributed by atoms with van der Waals surface area (Å²) in [6, 6.07) is 4.29. The molecule has 13 heteroatoms. The maximum atomic E-state index is 13.2. The van der Waals surface area contributed by atoms with Crippen molar-refractivity contribution in [1.82, 2.24) is 14.8 Å². The number of nitro groups is 1. The third-order valence-electron chi connectivity index (χ3n) is 3.03. The summed E-state index contributed by atoms with van der Waals surface area (Å²) in [5.74, 6) is -8.45. The van der Waals surface area contributed by atoms with Gasteiger partial charge in [0.1, 0.15) is 5.82 Å². The smallest absolute Gasteiger partial charge is 0.258 e. The first-order valence-electron chi connectivity index (χ1n) is 6.35. The molecule has 6 nitrogen and oxygen atoms in total. The lowest BCUT2D eigenvalue weighted by Crippen LogP contribution is -2.35. The largest absolute Gasteiger partial charge is 0.461 e. The van der Waals surface area contributed by atoms with Crippen molar-refractivity contribution < 1.29 is 35.7 Å². The molecule has 0 aliphatic rings. The molecular formula is C12H7F7N4O2. The van der Waals surface area contributed by atoms with Crippen molar-refractivity contribution in [2.24, 2.45) is 0 Å². The molecule has 0 aliphatic carbocycles. The zero-order chi connectivity index (χ0) is 19.0. The van der Waals surface area contributed by atoms with Gasteiger partial charge in [0.25, 0.3) is 5.69 Å². The zero-order valence-corrected chi connectivity index (χ0v) is 11.8. The molecule has 0 saturated carbocycles. The highest BCUT2D eigenvalue weighted by Crippen LogP contribution is 2.42. The molecule has 0 aliphatic heterocycles. The predicted molar refractivity (Wildman–Crippen MR) is 67.1 cm³/mol. The van der Waals surface area contributed by atoms with Crippen LogP contribution in [0.5, 0.6) is 0 Å². The number of benzene rings is 1. The van der Waals surface area contributed by atoms with Crippen LogP contribution in [0.2, 0.25) is 0 Å². The number of halogens is 7. The first kappa shape index (κ1) is 18.6. The van der Waals surface area contributed by atoms with E-state index < -0.39 is 41.6 Å². The molecule has 0 radical (unpaired) electrons. The van der Waals surface area contributed by atoms with E-state index in [9.17, 15) is 40.8 Å². The average Bonchev–Trinajstić information content (AvgIpc) is 2.91. The fourth-order valence-electron chi connectivity index (χ4n) is 1.81. The molecule has 2 rings (SSSR count). The highest BCUT2D eigenvalue weighted by molar-refractivity contribution is 5.34. The Kier molecular flexibility index (Phi) is 4.68. The van der Waals surface area contributed by atoms with E-state index in [2.05, 4.69) is 10.1 Å². The van der Waals surface area contributed by atoms with Crippen molar-refractivity contribution in [2.45, 2.75) is 25.1 Å².